The molecule has 0 radical (unpaired) electrons. The van der Waals surface area contributed by atoms with Crippen LogP contribution in [0.3, 0.4) is 0 Å². The molecular weight excluding hydrogens is 202 g/mol. The number of nitrogens with zero attached hydrogens (tertiary/aromatic N) is 1. The molecule has 1 aromatic heterocycles. The van der Waals surface area contributed by atoms with Gasteiger partial charge in [-0.05, 0) is 12.1 Å². The number of aldehydes is 1. The lowest BCUT2D eigenvalue weighted by Gasteiger charge is -2.02. The van der Waals surface area contributed by atoms with Crippen molar-refractivity contribution in [2.75, 3.05) is 0 Å². The van der Waals surface area contributed by atoms with E-state index in [2.05, 4.69) is 0 Å². The molecule has 0 spiro atoms. The van der Waals surface area contributed by atoms with Gasteiger partial charge in [0.2, 0.25) is 0 Å². The number of aromatic nitrogens is 1. The van der Waals surface area contributed by atoms with Crippen molar-refractivity contribution in [1.82, 2.24) is 0 Å². The number of hydrogen-bond acceptors (Lipinski definition) is 2. The van der Waals surface area contributed by atoms with Crippen LogP contribution in [0.5, 0.6) is 5.75 Å². The molecule has 16 heavy (non-hydrogen) atoms. The lowest BCUT2D eigenvalue weighted by molar-refractivity contribution is -0.688. The number of carbonyl (C=O) groups is 1. The first-order chi connectivity index (χ1) is 7.81. The van der Waals surface area contributed by atoms with Gasteiger partial charge in [-0.3, -0.25) is 4.79 Å². The van der Waals surface area contributed by atoms with Crippen LogP contribution in [-0.2, 0) is 6.54 Å². The Morgan fingerprint density at radius 1 is 1.12 bits per heavy atom. The van der Waals surface area contributed by atoms with E-state index in [9.17, 15) is 9.90 Å². The van der Waals surface area contributed by atoms with E-state index in [0.717, 1.165) is 5.56 Å². The topological polar surface area (TPSA) is 41.2 Å². The fourth-order valence-corrected chi connectivity index (χ4v) is 1.57. The highest BCUT2D eigenvalue weighted by Crippen LogP contribution is 2.20. The number of benzene rings is 1. The minimum absolute atomic E-state index is 0.0638. The second-order valence-corrected chi connectivity index (χ2v) is 3.52. The zero-order chi connectivity index (χ0) is 11.4. The summed E-state index contributed by atoms with van der Waals surface area (Å²) >= 11 is 0. The molecule has 0 saturated carbocycles. The molecule has 3 heteroatoms. The Hall–Kier alpha value is -2.16. The van der Waals surface area contributed by atoms with E-state index in [1.165, 1.54) is 0 Å². The zero-order valence-corrected chi connectivity index (χ0v) is 8.71. The number of phenolic OH excluding ortho intramolecular Hbond substituents is 1. The molecule has 0 aliphatic rings. The molecule has 1 N–H and O–H groups in total. The Kier molecular flexibility index (Phi) is 2.96. The molecule has 0 bridgehead atoms. The van der Waals surface area contributed by atoms with E-state index in [4.69, 9.17) is 0 Å². The standard InChI is InChI=1S/C13H11NO2/c15-10-12-6-4-5-11(13(12)16)9-14-7-2-1-3-8-14/h1-8,10H,9H2/p+1. The maximum atomic E-state index is 10.7. The van der Waals surface area contributed by atoms with E-state index in [1.54, 1.807) is 12.1 Å². The highest BCUT2D eigenvalue weighted by molar-refractivity contribution is 5.79. The van der Waals surface area contributed by atoms with Crippen molar-refractivity contribution in [2.45, 2.75) is 6.54 Å². The van der Waals surface area contributed by atoms with Gasteiger partial charge in [0.1, 0.15) is 5.75 Å². The zero-order valence-electron chi connectivity index (χ0n) is 8.71. The third-order valence-electron chi connectivity index (χ3n) is 2.41. The molecule has 0 atom stereocenters. The van der Waals surface area contributed by atoms with Gasteiger partial charge in [-0.1, -0.05) is 12.1 Å². The molecule has 0 saturated heterocycles. The van der Waals surface area contributed by atoms with Crippen molar-refractivity contribution in [3.05, 3.63) is 59.9 Å². The van der Waals surface area contributed by atoms with Gasteiger partial charge in [-0.2, -0.15) is 0 Å². The van der Waals surface area contributed by atoms with Crippen molar-refractivity contribution in [3.63, 3.8) is 0 Å². The van der Waals surface area contributed by atoms with Crippen LogP contribution in [0.25, 0.3) is 0 Å². The first-order valence-corrected chi connectivity index (χ1v) is 5.01. The Bertz CT molecular complexity index is 495. The molecule has 0 aliphatic heterocycles. The van der Waals surface area contributed by atoms with Gasteiger partial charge in [0, 0.05) is 12.1 Å². The van der Waals surface area contributed by atoms with Crippen molar-refractivity contribution in [1.29, 1.82) is 0 Å². The van der Waals surface area contributed by atoms with Crippen molar-refractivity contribution in [3.8, 4) is 5.75 Å². The normalized spacial score (nSPS) is 10.0. The fraction of sp³-hybridized carbons (Fsp3) is 0.0769. The van der Waals surface area contributed by atoms with Gasteiger partial charge in [0.05, 0.1) is 11.1 Å². The summed E-state index contributed by atoms with van der Waals surface area (Å²) in [5, 5.41) is 9.81. The maximum absolute atomic E-state index is 10.7. The van der Waals surface area contributed by atoms with Crippen LogP contribution in [0.2, 0.25) is 0 Å². The Balaban J connectivity index is 2.32. The second-order valence-electron chi connectivity index (χ2n) is 3.52. The number of aromatic hydroxyl groups is 1. The summed E-state index contributed by atoms with van der Waals surface area (Å²) in [7, 11) is 0. The Morgan fingerprint density at radius 3 is 2.56 bits per heavy atom. The van der Waals surface area contributed by atoms with Gasteiger partial charge < -0.3 is 5.11 Å². The van der Waals surface area contributed by atoms with Gasteiger partial charge >= 0.3 is 0 Å². The largest absolute Gasteiger partial charge is 0.507 e. The molecule has 1 heterocycles. The molecule has 0 fully saturated rings. The van der Waals surface area contributed by atoms with Crippen LogP contribution < -0.4 is 4.57 Å². The van der Waals surface area contributed by atoms with E-state index in [0.29, 0.717) is 18.4 Å². The van der Waals surface area contributed by atoms with E-state index < -0.39 is 0 Å². The predicted molar refractivity (Wildman–Crippen MR) is 59.2 cm³/mol. The molecular formula is C13H12NO2+. The van der Waals surface area contributed by atoms with E-state index >= 15 is 0 Å². The predicted octanol–water partition coefficient (Wildman–Crippen LogP) is 1.54. The third-order valence-corrected chi connectivity index (χ3v) is 2.41. The van der Waals surface area contributed by atoms with E-state index in [-0.39, 0.29) is 5.75 Å². The molecule has 2 aromatic rings. The highest BCUT2D eigenvalue weighted by Gasteiger charge is 2.09. The molecule has 0 aliphatic carbocycles. The summed E-state index contributed by atoms with van der Waals surface area (Å²) in [4.78, 5) is 10.7. The SMILES string of the molecule is O=Cc1cccc(C[n+]2ccccc2)c1O. The van der Waals surface area contributed by atoms with Crippen molar-refractivity contribution in [2.24, 2.45) is 0 Å². The first-order valence-electron chi connectivity index (χ1n) is 5.01. The number of phenols is 1. The highest BCUT2D eigenvalue weighted by atomic mass is 16.3. The third kappa shape index (κ3) is 2.08. The van der Waals surface area contributed by atoms with Gasteiger partial charge in [0.15, 0.2) is 25.2 Å². The average Bonchev–Trinajstić information content (AvgIpc) is 2.33. The van der Waals surface area contributed by atoms with E-state index in [1.807, 2.05) is 41.2 Å². The lowest BCUT2D eigenvalue weighted by Crippen LogP contribution is -2.32. The Morgan fingerprint density at radius 2 is 1.88 bits per heavy atom. The average molecular weight is 214 g/mol. The van der Waals surface area contributed by atoms with Crippen LogP contribution in [-0.4, -0.2) is 11.4 Å². The number of pyridine rings is 1. The van der Waals surface area contributed by atoms with Crippen LogP contribution in [0.4, 0.5) is 0 Å². The molecule has 3 nitrogen and oxygen atoms in total. The van der Waals surface area contributed by atoms with Crippen LogP contribution in [0.15, 0.2) is 48.8 Å². The lowest BCUT2D eigenvalue weighted by atomic mass is 10.1. The molecule has 80 valence electrons. The van der Waals surface area contributed by atoms with Crippen LogP contribution in [0.1, 0.15) is 15.9 Å². The van der Waals surface area contributed by atoms with Gasteiger partial charge in [-0.25, -0.2) is 4.57 Å². The number of rotatable bonds is 3. The summed E-state index contributed by atoms with van der Waals surface area (Å²) in [5.41, 5.74) is 1.06. The van der Waals surface area contributed by atoms with Gasteiger partial charge in [0.25, 0.3) is 0 Å². The quantitative estimate of drug-likeness (QED) is 0.622. The Labute approximate surface area is 93.6 Å². The fourth-order valence-electron chi connectivity index (χ4n) is 1.57. The van der Waals surface area contributed by atoms with Crippen LogP contribution >= 0.6 is 0 Å². The smallest absolute Gasteiger partial charge is 0.177 e. The minimum atomic E-state index is 0.0638. The summed E-state index contributed by atoms with van der Waals surface area (Å²) in [6.45, 7) is 0.550. The molecule has 2 rings (SSSR count). The van der Waals surface area contributed by atoms with Crippen molar-refractivity contribution >= 4 is 6.29 Å². The summed E-state index contributed by atoms with van der Waals surface area (Å²) in [6.07, 6.45) is 4.48. The maximum Gasteiger partial charge on any atom is 0.177 e. The number of carbonyl (C=O) groups excluding carboxylic acids is 1. The van der Waals surface area contributed by atoms with Crippen molar-refractivity contribution < 1.29 is 14.5 Å². The molecule has 0 unspecified atom stereocenters. The van der Waals surface area contributed by atoms with Crippen LogP contribution in [0, 0.1) is 0 Å². The summed E-state index contributed by atoms with van der Waals surface area (Å²) in [5.74, 6) is 0.0638. The number of para-hydroxylation sites is 1. The monoisotopic (exact) mass is 214 g/mol. The second kappa shape index (κ2) is 4.57. The van der Waals surface area contributed by atoms with Gasteiger partial charge in [-0.15, -0.1) is 0 Å². The summed E-state index contributed by atoms with van der Waals surface area (Å²) < 4.78 is 1.93. The minimum Gasteiger partial charge on any atom is -0.507 e. The summed E-state index contributed by atoms with van der Waals surface area (Å²) in [6, 6.07) is 10.9. The molecule has 0 amide bonds. The molecule has 1 aromatic carbocycles. The number of hydrogen-bond donors (Lipinski definition) is 1. The first kappa shape index (κ1) is 10.4.